The Labute approximate surface area is 150 Å². The van der Waals surface area contributed by atoms with Crippen LogP contribution in [0.2, 0.25) is 0 Å². The van der Waals surface area contributed by atoms with Gasteiger partial charge in [-0.1, -0.05) is 40.2 Å². The van der Waals surface area contributed by atoms with Crippen LogP contribution in [0.4, 0.5) is 5.69 Å². The highest BCUT2D eigenvalue weighted by atomic mass is 79.9. The average Bonchev–Trinajstić information content (AvgIpc) is 2.52. The molecule has 0 amide bonds. The standard InChI is InChI=1S/C17H18BrNO4S/c1-13(2)23-17(20)12-19(15-8-6-7-14(18)11-15)24(21,22)16-9-4-3-5-10-16/h3-11,13H,12H2,1-2H3. The molecular formula is C17H18BrNO4S. The topological polar surface area (TPSA) is 63.7 Å². The number of esters is 1. The summed E-state index contributed by atoms with van der Waals surface area (Å²) < 4.78 is 32.8. The number of carbonyl (C=O) groups is 1. The number of carbonyl (C=O) groups excluding carboxylic acids is 1. The van der Waals surface area contributed by atoms with Gasteiger partial charge in [-0.25, -0.2) is 8.42 Å². The van der Waals surface area contributed by atoms with Crippen LogP contribution in [0.5, 0.6) is 0 Å². The molecule has 128 valence electrons. The van der Waals surface area contributed by atoms with E-state index >= 15 is 0 Å². The lowest BCUT2D eigenvalue weighted by Crippen LogP contribution is -2.37. The zero-order valence-electron chi connectivity index (χ0n) is 13.3. The third-order valence-corrected chi connectivity index (χ3v) is 5.35. The first-order valence-corrected chi connectivity index (χ1v) is 9.57. The highest BCUT2D eigenvalue weighted by Crippen LogP contribution is 2.26. The maximum atomic E-state index is 13.0. The van der Waals surface area contributed by atoms with Gasteiger partial charge in [-0.2, -0.15) is 0 Å². The van der Waals surface area contributed by atoms with Crippen molar-refractivity contribution in [3.05, 3.63) is 59.1 Å². The van der Waals surface area contributed by atoms with Gasteiger partial charge in [0.1, 0.15) is 6.54 Å². The Morgan fingerprint density at radius 3 is 2.38 bits per heavy atom. The Balaban J connectivity index is 2.45. The molecule has 0 fully saturated rings. The molecule has 5 nitrogen and oxygen atoms in total. The monoisotopic (exact) mass is 411 g/mol. The maximum absolute atomic E-state index is 13.0. The molecule has 0 aliphatic carbocycles. The van der Waals surface area contributed by atoms with Crippen molar-refractivity contribution in [3.8, 4) is 0 Å². The van der Waals surface area contributed by atoms with E-state index in [2.05, 4.69) is 15.9 Å². The summed E-state index contributed by atoms with van der Waals surface area (Å²) in [6.07, 6.45) is -0.318. The van der Waals surface area contributed by atoms with Gasteiger partial charge in [0.25, 0.3) is 10.0 Å². The molecule has 24 heavy (non-hydrogen) atoms. The van der Waals surface area contributed by atoms with Crippen LogP contribution >= 0.6 is 15.9 Å². The molecule has 2 aromatic carbocycles. The second-order valence-corrected chi connectivity index (χ2v) is 8.12. The summed E-state index contributed by atoms with van der Waals surface area (Å²) in [6.45, 7) is 3.03. The number of hydrogen-bond acceptors (Lipinski definition) is 4. The van der Waals surface area contributed by atoms with Crippen LogP contribution in [0, 0.1) is 0 Å². The minimum atomic E-state index is -3.89. The molecule has 0 atom stereocenters. The van der Waals surface area contributed by atoms with Crippen LogP contribution < -0.4 is 4.31 Å². The summed E-state index contributed by atoms with van der Waals surface area (Å²) in [4.78, 5) is 12.2. The van der Waals surface area contributed by atoms with E-state index in [4.69, 9.17) is 4.74 Å². The number of anilines is 1. The third kappa shape index (κ3) is 4.58. The number of rotatable bonds is 6. The predicted octanol–water partition coefficient (Wildman–Crippen LogP) is 3.60. The molecule has 0 saturated heterocycles. The van der Waals surface area contributed by atoms with Crippen molar-refractivity contribution < 1.29 is 17.9 Å². The molecule has 0 unspecified atom stereocenters. The minimum Gasteiger partial charge on any atom is -0.462 e. The van der Waals surface area contributed by atoms with Crippen molar-refractivity contribution in [2.24, 2.45) is 0 Å². The first kappa shape index (κ1) is 18.5. The summed E-state index contributed by atoms with van der Waals surface area (Å²) in [5.74, 6) is -0.607. The van der Waals surface area contributed by atoms with Crippen LogP contribution in [0.15, 0.2) is 64.0 Å². The summed E-state index contributed by atoms with van der Waals surface area (Å²) in [5.41, 5.74) is 0.383. The quantitative estimate of drug-likeness (QED) is 0.681. The van der Waals surface area contributed by atoms with Crippen LogP contribution in [0.1, 0.15) is 13.8 Å². The first-order chi connectivity index (χ1) is 11.3. The van der Waals surface area contributed by atoms with E-state index in [1.807, 2.05) is 0 Å². The second kappa shape index (κ2) is 7.81. The summed E-state index contributed by atoms with van der Waals surface area (Å²) in [7, 11) is -3.89. The minimum absolute atomic E-state index is 0.113. The fourth-order valence-corrected chi connectivity index (χ4v) is 3.89. The summed E-state index contributed by atoms with van der Waals surface area (Å²) in [5, 5.41) is 0. The highest BCUT2D eigenvalue weighted by Gasteiger charge is 2.28. The Kier molecular flexibility index (Phi) is 6.01. The van der Waals surface area contributed by atoms with Gasteiger partial charge in [-0.15, -0.1) is 0 Å². The lowest BCUT2D eigenvalue weighted by atomic mass is 10.3. The van der Waals surface area contributed by atoms with Gasteiger partial charge in [-0.3, -0.25) is 9.10 Å². The normalized spacial score (nSPS) is 11.3. The van der Waals surface area contributed by atoms with Gasteiger partial charge in [0.2, 0.25) is 0 Å². The van der Waals surface area contributed by atoms with E-state index in [-0.39, 0.29) is 11.0 Å². The fraction of sp³-hybridized carbons (Fsp3) is 0.235. The van der Waals surface area contributed by atoms with Crippen molar-refractivity contribution in [1.29, 1.82) is 0 Å². The largest absolute Gasteiger partial charge is 0.462 e. The smallest absolute Gasteiger partial charge is 0.327 e. The van der Waals surface area contributed by atoms with Gasteiger partial charge in [0.15, 0.2) is 0 Å². The molecule has 0 aliphatic heterocycles. The van der Waals surface area contributed by atoms with E-state index in [0.29, 0.717) is 10.2 Å². The van der Waals surface area contributed by atoms with Crippen LogP contribution in [-0.4, -0.2) is 27.0 Å². The average molecular weight is 412 g/mol. The number of benzene rings is 2. The first-order valence-electron chi connectivity index (χ1n) is 7.33. The number of hydrogen-bond donors (Lipinski definition) is 0. The molecule has 0 heterocycles. The van der Waals surface area contributed by atoms with E-state index in [1.165, 1.54) is 12.1 Å². The maximum Gasteiger partial charge on any atom is 0.327 e. The fourth-order valence-electron chi connectivity index (χ4n) is 2.08. The molecule has 7 heteroatoms. The van der Waals surface area contributed by atoms with E-state index in [9.17, 15) is 13.2 Å². The summed E-state index contributed by atoms with van der Waals surface area (Å²) in [6, 6.07) is 14.8. The molecule has 2 aromatic rings. The zero-order chi connectivity index (χ0) is 17.7. The lowest BCUT2D eigenvalue weighted by molar-refractivity contribution is -0.145. The van der Waals surface area contributed by atoms with Crippen molar-refractivity contribution in [2.75, 3.05) is 10.8 Å². The molecule has 0 spiro atoms. The number of halogens is 1. The Morgan fingerprint density at radius 1 is 1.12 bits per heavy atom. The SMILES string of the molecule is CC(C)OC(=O)CN(c1cccc(Br)c1)S(=O)(=O)c1ccccc1. The van der Waals surface area contributed by atoms with E-state index < -0.39 is 22.5 Å². The number of sulfonamides is 1. The lowest BCUT2D eigenvalue weighted by Gasteiger charge is -2.24. The Bertz CT molecular complexity index is 806. The highest BCUT2D eigenvalue weighted by molar-refractivity contribution is 9.10. The molecule has 2 rings (SSSR count). The molecule has 0 N–H and O–H groups in total. The molecule has 0 aliphatic rings. The number of ether oxygens (including phenoxy) is 1. The summed E-state index contributed by atoms with van der Waals surface area (Å²) >= 11 is 3.32. The third-order valence-electron chi connectivity index (χ3n) is 3.07. The van der Waals surface area contributed by atoms with Gasteiger partial charge in [0.05, 0.1) is 16.7 Å². The number of nitrogens with zero attached hydrogens (tertiary/aromatic N) is 1. The van der Waals surface area contributed by atoms with Crippen LogP contribution in [-0.2, 0) is 19.6 Å². The van der Waals surface area contributed by atoms with Crippen molar-refractivity contribution in [1.82, 2.24) is 0 Å². The second-order valence-electron chi connectivity index (χ2n) is 5.34. The van der Waals surface area contributed by atoms with Crippen LogP contribution in [0.3, 0.4) is 0 Å². The Hall–Kier alpha value is -1.86. The Morgan fingerprint density at radius 2 is 1.79 bits per heavy atom. The zero-order valence-corrected chi connectivity index (χ0v) is 15.7. The van der Waals surface area contributed by atoms with E-state index in [0.717, 1.165) is 4.31 Å². The van der Waals surface area contributed by atoms with Crippen molar-refractivity contribution in [3.63, 3.8) is 0 Å². The molecular weight excluding hydrogens is 394 g/mol. The predicted molar refractivity (Wildman–Crippen MR) is 96.3 cm³/mol. The van der Waals surface area contributed by atoms with Gasteiger partial charge in [-0.05, 0) is 44.2 Å². The van der Waals surface area contributed by atoms with Gasteiger partial charge in [0, 0.05) is 4.47 Å². The molecule has 0 bridgehead atoms. The van der Waals surface area contributed by atoms with Crippen molar-refractivity contribution >= 4 is 37.6 Å². The molecule has 0 aromatic heterocycles. The molecule has 0 saturated carbocycles. The van der Waals surface area contributed by atoms with Crippen molar-refractivity contribution in [2.45, 2.75) is 24.8 Å². The molecule has 0 radical (unpaired) electrons. The van der Waals surface area contributed by atoms with Gasteiger partial charge < -0.3 is 4.74 Å². The van der Waals surface area contributed by atoms with Gasteiger partial charge >= 0.3 is 5.97 Å². The van der Waals surface area contributed by atoms with E-state index in [1.54, 1.807) is 56.3 Å². The van der Waals surface area contributed by atoms with Crippen LogP contribution in [0.25, 0.3) is 0 Å².